The average molecular weight is 237 g/mol. The quantitative estimate of drug-likeness (QED) is 0.517. The molecule has 0 aliphatic carbocycles. The Morgan fingerprint density at radius 3 is 2.41 bits per heavy atom. The zero-order chi connectivity index (χ0) is 12.4. The van der Waals surface area contributed by atoms with Gasteiger partial charge in [-0.15, -0.1) is 0 Å². The zero-order valence-corrected chi connectivity index (χ0v) is 9.73. The second-order valence-corrected chi connectivity index (χ2v) is 4.26. The number of urea groups is 1. The molecule has 17 heavy (non-hydrogen) atoms. The van der Waals surface area contributed by atoms with Crippen molar-refractivity contribution in [2.75, 3.05) is 20.1 Å². The molecule has 0 bridgehead atoms. The number of nitrogens with one attached hydrogen (secondary N) is 1. The zero-order valence-electron chi connectivity index (χ0n) is 9.73. The van der Waals surface area contributed by atoms with Crippen LogP contribution in [0, 0.1) is 0 Å². The molecule has 2 heterocycles. The standard InChI is InChI=1S/C11H15N3O3/c1-13-10(16)8(9(15)12-11(13)17)7-14-5-3-2-4-6-14/h7H,2-6H2,1H3,(H,12,15,17)/b8-7+. The number of hydrogen-bond acceptors (Lipinski definition) is 4. The molecule has 0 atom stereocenters. The summed E-state index contributed by atoms with van der Waals surface area (Å²) in [7, 11) is 1.36. The van der Waals surface area contributed by atoms with Crippen molar-refractivity contribution in [1.29, 1.82) is 0 Å². The summed E-state index contributed by atoms with van der Waals surface area (Å²) in [6.45, 7) is 1.70. The summed E-state index contributed by atoms with van der Waals surface area (Å²) in [5, 5.41) is 2.13. The van der Waals surface area contributed by atoms with Crippen LogP contribution < -0.4 is 5.32 Å². The van der Waals surface area contributed by atoms with E-state index >= 15 is 0 Å². The third kappa shape index (κ3) is 2.30. The van der Waals surface area contributed by atoms with Gasteiger partial charge < -0.3 is 4.90 Å². The molecule has 0 spiro atoms. The fourth-order valence-corrected chi connectivity index (χ4v) is 1.96. The van der Waals surface area contributed by atoms with Crippen molar-refractivity contribution in [1.82, 2.24) is 15.1 Å². The van der Waals surface area contributed by atoms with Crippen LogP contribution in [-0.4, -0.2) is 47.8 Å². The smallest absolute Gasteiger partial charge is 0.331 e. The van der Waals surface area contributed by atoms with Crippen LogP contribution in [-0.2, 0) is 9.59 Å². The number of likely N-dealkylation sites (N-methyl/N-ethyl adjacent to an activating group) is 1. The number of piperidine rings is 1. The van der Waals surface area contributed by atoms with E-state index < -0.39 is 17.8 Å². The van der Waals surface area contributed by atoms with Crippen LogP contribution in [0.2, 0.25) is 0 Å². The lowest BCUT2D eigenvalue weighted by Gasteiger charge is -2.28. The molecule has 6 heteroatoms. The number of nitrogens with zero attached hydrogens (tertiary/aromatic N) is 2. The van der Waals surface area contributed by atoms with E-state index in [0.717, 1.165) is 30.8 Å². The van der Waals surface area contributed by atoms with Gasteiger partial charge in [0.25, 0.3) is 11.8 Å². The Morgan fingerprint density at radius 2 is 1.76 bits per heavy atom. The Labute approximate surface area is 99.2 Å². The van der Waals surface area contributed by atoms with Crippen molar-refractivity contribution in [3.63, 3.8) is 0 Å². The molecule has 0 radical (unpaired) electrons. The Bertz CT molecular complexity index is 397. The van der Waals surface area contributed by atoms with E-state index in [0.29, 0.717) is 0 Å². The minimum Gasteiger partial charge on any atom is -0.377 e. The normalized spacial score (nSPS) is 24.3. The molecule has 0 saturated carbocycles. The van der Waals surface area contributed by atoms with Gasteiger partial charge in [-0.3, -0.25) is 19.8 Å². The summed E-state index contributed by atoms with van der Waals surface area (Å²) in [5.41, 5.74) is 0.0361. The summed E-state index contributed by atoms with van der Waals surface area (Å²) in [4.78, 5) is 37.4. The number of carbonyl (C=O) groups excluding carboxylic acids is 3. The van der Waals surface area contributed by atoms with Crippen molar-refractivity contribution in [2.45, 2.75) is 19.3 Å². The summed E-state index contributed by atoms with van der Waals surface area (Å²) in [5.74, 6) is -1.15. The highest BCUT2D eigenvalue weighted by Crippen LogP contribution is 2.13. The van der Waals surface area contributed by atoms with E-state index in [4.69, 9.17) is 0 Å². The molecule has 0 aromatic heterocycles. The van der Waals surface area contributed by atoms with E-state index in [2.05, 4.69) is 5.32 Å². The highest BCUT2D eigenvalue weighted by atomic mass is 16.2. The molecule has 2 aliphatic rings. The molecular formula is C11H15N3O3. The minimum atomic E-state index is -0.671. The Balaban J connectivity index is 2.17. The van der Waals surface area contributed by atoms with E-state index in [9.17, 15) is 14.4 Å². The van der Waals surface area contributed by atoms with Crippen LogP contribution in [0.1, 0.15) is 19.3 Å². The van der Waals surface area contributed by atoms with E-state index in [-0.39, 0.29) is 5.57 Å². The lowest BCUT2D eigenvalue weighted by molar-refractivity contribution is -0.129. The highest BCUT2D eigenvalue weighted by Gasteiger charge is 2.33. The molecule has 4 amide bonds. The third-order valence-electron chi connectivity index (χ3n) is 3.01. The molecule has 2 rings (SSSR count). The largest absolute Gasteiger partial charge is 0.377 e. The van der Waals surface area contributed by atoms with E-state index in [1.807, 2.05) is 4.90 Å². The number of likely N-dealkylation sites (tertiary alicyclic amines) is 1. The topological polar surface area (TPSA) is 69.7 Å². The predicted octanol–water partition coefficient (Wildman–Crippen LogP) is 0.0644. The molecule has 2 aliphatic heterocycles. The van der Waals surface area contributed by atoms with Gasteiger partial charge in [0.05, 0.1) is 0 Å². The summed E-state index contributed by atoms with van der Waals surface area (Å²) in [6.07, 6.45) is 4.88. The van der Waals surface area contributed by atoms with Crippen molar-refractivity contribution < 1.29 is 14.4 Å². The van der Waals surface area contributed by atoms with Gasteiger partial charge in [-0.25, -0.2) is 4.79 Å². The lowest BCUT2D eigenvalue weighted by atomic mass is 10.1. The molecule has 0 aromatic carbocycles. The molecule has 6 nitrogen and oxygen atoms in total. The van der Waals surface area contributed by atoms with Gasteiger partial charge >= 0.3 is 6.03 Å². The highest BCUT2D eigenvalue weighted by molar-refractivity contribution is 6.28. The SMILES string of the molecule is CN1C(=O)NC(=O)/C(=C\N2CCCCC2)C1=O. The van der Waals surface area contributed by atoms with Gasteiger partial charge in [0.1, 0.15) is 5.57 Å². The number of rotatable bonds is 1. The van der Waals surface area contributed by atoms with E-state index in [1.54, 1.807) is 6.20 Å². The Kier molecular flexibility index (Phi) is 3.12. The van der Waals surface area contributed by atoms with Gasteiger partial charge in [-0.1, -0.05) is 0 Å². The maximum Gasteiger partial charge on any atom is 0.331 e. The van der Waals surface area contributed by atoms with Crippen molar-refractivity contribution in [3.8, 4) is 0 Å². The first kappa shape index (κ1) is 11.6. The fourth-order valence-electron chi connectivity index (χ4n) is 1.96. The number of barbiturate groups is 1. The lowest BCUT2D eigenvalue weighted by Crippen LogP contribution is -2.52. The van der Waals surface area contributed by atoms with Gasteiger partial charge in [-0.2, -0.15) is 0 Å². The number of carbonyl (C=O) groups is 3. The molecule has 92 valence electrons. The van der Waals surface area contributed by atoms with Crippen LogP contribution in [0.15, 0.2) is 11.8 Å². The summed E-state index contributed by atoms with van der Waals surface area (Å²) < 4.78 is 0. The molecule has 1 N–H and O–H groups in total. The summed E-state index contributed by atoms with van der Waals surface area (Å²) in [6, 6.07) is -0.671. The van der Waals surface area contributed by atoms with Crippen LogP contribution >= 0.6 is 0 Å². The predicted molar refractivity (Wildman–Crippen MR) is 59.8 cm³/mol. The van der Waals surface area contributed by atoms with Gasteiger partial charge in [0.15, 0.2) is 0 Å². The third-order valence-corrected chi connectivity index (χ3v) is 3.01. The summed E-state index contributed by atoms with van der Waals surface area (Å²) >= 11 is 0. The Hall–Kier alpha value is -1.85. The first-order valence-electron chi connectivity index (χ1n) is 5.69. The first-order chi connectivity index (χ1) is 8.09. The first-order valence-corrected chi connectivity index (χ1v) is 5.69. The number of amides is 4. The second kappa shape index (κ2) is 4.57. The average Bonchev–Trinajstić information content (AvgIpc) is 2.33. The van der Waals surface area contributed by atoms with Crippen LogP contribution in [0.4, 0.5) is 4.79 Å². The molecular weight excluding hydrogens is 222 g/mol. The molecule has 0 unspecified atom stereocenters. The molecule has 2 fully saturated rings. The minimum absolute atomic E-state index is 0.0361. The number of hydrogen-bond donors (Lipinski definition) is 1. The fraction of sp³-hybridized carbons (Fsp3) is 0.545. The number of imide groups is 2. The van der Waals surface area contributed by atoms with Gasteiger partial charge in [0, 0.05) is 26.3 Å². The monoisotopic (exact) mass is 237 g/mol. The van der Waals surface area contributed by atoms with Crippen molar-refractivity contribution in [3.05, 3.63) is 11.8 Å². The van der Waals surface area contributed by atoms with Crippen molar-refractivity contribution in [2.24, 2.45) is 0 Å². The second-order valence-electron chi connectivity index (χ2n) is 4.26. The maximum absolute atomic E-state index is 11.8. The van der Waals surface area contributed by atoms with Crippen LogP contribution in [0.3, 0.4) is 0 Å². The molecule has 2 saturated heterocycles. The van der Waals surface area contributed by atoms with Crippen LogP contribution in [0.25, 0.3) is 0 Å². The van der Waals surface area contributed by atoms with Gasteiger partial charge in [0.2, 0.25) is 0 Å². The maximum atomic E-state index is 11.8. The van der Waals surface area contributed by atoms with Crippen LogP contribution in [0.5, 0.6) is 0 Å². The van der Waals surface area contributed by atoms with Crippen molar-refractivity contribution >= 4 is 17.8 Å². The molecule has 0 aromatic rings. The van der Waals surface area contributed by atoms with Gasteiger partial charge in [-0.05, 0) is 19.3 Å². The Morgan fingerprint density at radius 1 is 1.12 bits per heavy atom. The van der Waals surface area contributed by atoms with E-state index in [1.165, 1.54) is 13.5 Å².